The van der Waals surface area contributed by atoms with E-state index in [1.165, 1.54) is 18.2 Å². The number of benzene rings is 2. The van der Waals surface area contributed by atoms with Gasteiger partial charge in [-0.15, -0.1) is 0 Å². The summed E-state index contributed by atoms with van der Waals surface area (Å²) in [7, 11) is 0. The van der Waals surface area contributed by atoms with E-state index in [0.717, 1.165) is 12.1 Å². The number of hydrogen-bond donors (Lipinski definition) is 1. The van der Waals surface area contributed by atoms with Crippen LogP contribution in [-0.2, 0) is 11.8 Å². The molecule has 0 fully saturated rings. The van der Waals surface area contributed by atoms with Gasteiger partial charge in [0.1, 0.15) is 5.82 Å². The molecule has 0 bridgehead atoms. The highest BCUT2D eigenvalue weighted by Gasteiger charge is 2.53. The standard InChI is InChI=1S/C17H11F7O/c18-14-4-2-1-3-11(14)9-10-15(25,17(22,23)24)12-5-7-13(8-6-12)16(19,20)21/h1-10,25H. The molecule has 0 amide bonds. The van der Waals surface area contributed by atoms with E-state index in [9.17, 15) is 35.8 Å². The van der Waals surface area contributed by atoms with Crippen LogP contribution in [0.3, 0.4) is 0 Å². The van der Waals surface area contributed by atoms with Gasteiger partial charge in [0.05, 0.1) is 5.56 Å². The third-order valence-electron chi connectivity index (χ3n) is 3.49. The molecule has 0 aromatic heterocycles. The van der Waals surface area contributed by atoms with E-state index < -0.39 is 34.9 Å². The fraction of sp³-hybridized carbons (Fsp3) is 0.176. The van der Waals surface area contributed by atoms with Gasteiger partial charge in [-0.3, -0.25) is 0 Å². The average molecular weight is 364 g/mol. The van der Waals surface area contributed by atoms with E-state index in [1.807, 2.05) is 0 Å². The molecule has 1 N–H and O–H groups in total. The molecule has 2 rings (SSSR count). The van der Waals surface area contributed by atoms with Gasteiger partial charge in [-0.1, -0.05) is 36.4 Å². The van der Waals surface area contributed by atoms with Crippen molar-refractivity contribution in [1.29, 1.82) is 0 Å². The van der Waals surface area contributed by atoms with E-state index in [1.54, 1.807) is 0 Å². The fourth-order valence-corrected chi connectivity index (χ4v) is 2.09. The molecular weight excluding hydrogens is 353 g/mol. The first-order valence-electron chi connectivity index (χ1n) is 6.86. The van der Waals surface area contributed by atoms with E-state index in [-0.39, 0.29) is 5.56 Å². The SMILES string of the molecule is OC(C=Cc1ccccc1F)(c1ccc(C(F)(F)F)cc1)C(F)(F)F. The Balaban J connectivity index is 2.47. The van der Waals surface area contributed by atoms with Gasteiger partial charge in [-0.2, -0.15) is 26.3 Å². The maximum absolute atomic E-state index is 13.5. The molecular formula is C17H11F7O. The molecule has 134 valence electrons. The summed E-state index contributed by atoms with van der Waals surface area (Å²) in [5.74, 6) is -0.810. The highest BCUT2D eigenvalue weighted by Crippen LogP contribution is 2.41. The molecule has 1 nitrogen and oxygen atoms in total. The van der Waals surface area contributed by atoms with Crippen molar-refractivity contribution in [3.05, 3.63) is 77.1 Å². The quantitative estimate of drug-likeness (QED) is 0.732. The Hall–Kier alpha value is -2.35. The highest BCUT2D eigenvalue weighted by atomic mass is 19.4. The second-order valence-electron chi connectivity index (χ2n) is 5.19. The predicted molar refractivity (Wildman–Crippen MR) is 76.8 cm³/mol. The zero-order valence-corrected chi connectivity index (χ0v) is 12.4. The van der Waals surface area contributed by atoms with Crippen LogP contribution in [0.1, 0.15) is 16.7 Å². The zero-order valence-electron chi connectivity index (χ0n) is 12.4. The number of alkyl halides is 6. The summed E-state index contributed by atoms with van der Waals surface area (Å²) < 4.78 is 91.0. The molecule has 0 saturated carbocycles. The molecule has 1 unspecified atom stereocenters. The van der Waals surface area contributed by atoms with Crippen LogP contribution >= 0.6 is 0 Å². The summed E-state index contributed by atoms with van der Waals surface area (Å²) in [6.07, 6.45) is -8.93. The first kappa shape index (κ1) is 19.0. The molecule has 2 aromatic rings. The van der Waals surface area contributed by atoms with Gasteiger partial charge in [0.15, 0.2) is 0 Å². The summed E-state index contributed by atoms with van der Waals surface area (Å²) in [4.78, 5) is 0. The van der Waals surface area contributed by atoms with Crippen molar-refractivity contribution in [1.82, 2.24) is 0 Å². The average Bonchev–Trinajstić information content (AvgIpc) is 2.52. The minimum atomic E-state index is -5.23. The maximum atomic E-state index is 13.5. The van der Waals surface area contributed by atoms with Crippen molar-refractivity contribution in [2.24, 2.45) is 0 Å². The lowest BCUT2D eigenvalue weighted by molar-refractivity contribution is -0.245. The second kappa shape index (κ2) is 6.51. The lowest BCUT2D eigenvalue weighted by Gasteiger charge is -2.28. The van der Waals surface area contributed by atoms with Crippen molar-refractivity contribution < 1.29 is 35.8 Å². The third-order valence-corrected chi connectivity index (χ3v) is 3.49. The number of halogens is 7. The van der Waals surface area contributed by atoms with Crippen molar-refractivity contribution in [3.8, 4) is 0 Å². The van der Waals surface area contributed by atoms with Crippen molar-refractivity contribution in [2.45, 2.75) is 18.0 Å². The number of aliphatic hydroxyl groups is 1. The van der Waals surface area contributed by atoms with E-state index in [4.69, 9.17) is 0 Å². The van der Waals surface area contributed by atoms with Crippen LogP contribution in [0.25, 0.3) is 6.08 Å². The van der Waals surface area contributed by atoms with Crippen molar-refractivity contribution in [2.75, 3.05) is 0 Å². The summed E-state index contributed by atoms with van der Waals surface area (Å²) in [6.45, 7) is 0. The molecule has 0 aliphatic heterocycles. The Bertz CT molecular complexity index is 760. The van der Waals surface area contributed by atoms with Crippen LogP contribution in [0.5, 0.6) is 0 Å². The zero-order chi connectivity index (χ0) is 18.9. The van der Waals surface area contributed by atoms with Crippen LogP contribution in [0, 0.1) is 5.82 Å². The van der Waals surface area contributed by atoms with E-state index in [2.05, 4.69) is 0 Å². The van der Waals surface area contributed by atoms with Gasteiger partial charge in [0.2, 0.25) is 5.60 Å². The minimum absolute atomic E-state index is 0.211. The fourth-order valence-electron chi connectivity index (χ4n) is 2.09. The first-order chi connectivity index (χ1) is 11.4. The van der Waals surface area contributed by atoms with Crippen LogP contribution < -0.4 is 0 Å². The topological polar surface area (TPSA) is 20.2 Å². The smallest absolute Gasteiger partial charge is 0.373 e. The monoisotopic (exact) mass is 364 g/mol. The Kier molecular flexibility index (Phi) is 4.94. The number of rotatable bonds is 3. The van der Waals surface area contributed by atoms with Gasteiger partial charge >= 0.3 is 12.4 Å². The number of hydrogen-bond acceptors (Lipinski definition) is 1. The lowest BCUT2D eigenvalue weighted by Crippen LogP contribution is -2.40. The molecule has 0 heterocycles. The first-order valence-corrected chi connectivity index (χ1v) is 6.86. The van der Waals surface area contributed by atoms with Crippen molar-refractivity contribution >= 4 is 6.08 Å². The highest BCUT2D eigenvalue weighted by molar-refractivity contribution is 5.53. The molecule has 0 spiro atoms. The van der Waals surface area contributed by atoms with E-state index in [0.29, 0.717) is 30.3 Å². The summed E-state index contributed by atoms with van der Waals surface area (Å²) in [5.41, 5.74) is -5.75. The van der Waals surface area contributed by atoms with Crippen LogP contribution in [0.2, 0.25) is 0 Å². The predicted octanol–water partition coefficient (Wildman–Crippen LogP) is 5.31. The second-order valence-corrected chi connectivity index (χ2v) is 5.19. The van der Waals surface area contributed by atoms with Crippen LogP contribution in [0.15, 0.2) is 54.6 Å². The molecule has 0 saturated heterocycles. The third kappa shape index (κ3) is 4.01. The largest absolute Gasteiger partial charge is 0.425 e. The molecule has 8 heteroatoms. The van der Waals surface area contributed by atoms with Crippen LogP contribution in [0.4, 0.5) is 30.7 Å². The summed E-state index contributed by atoms with van der Waals surface area (Å²) in [5, 5.41) is 10.0. The van der Waals surface area contributed by atoms with Gasteiger partial charge < -0.3 is 5.11 Å². The van der Waals surface area contributed by atoms with Crippen molar-refractivity contribution in [3.63, 3.8) is 0 Å². The Morgan fingerprint density at radius 2 is 1.28 bits per heavy atom. The molecule has 0 radical (unpaired) electrons. The lowest BCUT2D eigenvalue weighted by atomic mass is 9.91. The molecule has 1 atom stereocenters. The minimum Gasteiger partial charge on any atom is -0.373 e. The van der Waals surface area contributed by atoms with Gasteiger partial charge in [-0.05, 0) is 29.8 Å². The Morgan fingerprint density at radius 1 is 0.760 bits per heavy atom. The van der Waals surface area contributed by atoms with Gasteiger partial charge in [-0.25, -0.2) is 4.39 Å². The molecule has 25 heavy (non-hydrogen) atoms. The summed E-state index contributed by atoms with van der Waals surface area (Å²) in [6, 6.07) is 6.85. The van der Waals surface area contributed by atoms with E-state index >= 15 is 0 Å². The Morgan fingerprint density at radius 3 is 1.76 bits per heavy atom. The Labute approximate surface area is 138 Å². The van der Waals surface area contributed by atoms with Gasteiger partial charge in [0, 0.05) is 5.56 Å². The summed E-state index contributed by atoms with van der Waals surface area (Å²) >= 11 is 0. The maximum Gasteiger partial charge on any atom is 0.425 e. The molecule has 0 aliphatic rings. The molecule has 0 aliphatic carbocycles. The molecule has 2 aromatic carbocycles. The van der Waals surface area contributed by atoms with Crippen LogP contribution in [-0.4, -0.2) is 11.3 Å². The van der Waals surface area contributed by atoms with Gasteiger partial charge in [0.25, 0.3) is 0 Å². The normalized spacial score (nSPS) is 15.4.